The number of amides is 1. The number of hydrogen-bond donors (Lipinski definition) is 0. The van der Waals surface area contributed by atoms with Crippen LogP contribution >= 0.6 is 0 Å². The Labute approximate surface area is 166 Å². The summed E-state index contributed by atoms with van der Waals surface area (Å²) in [5.41, 5.74) is 0.973. The van der Waals surface area contributed by atoms with Gasteiger partial charge in [-0.1, -0.05) is 12.1 Å². The van der Waals surface area contributed by atoms with Gasteiger partial charge >= 0.3 is 0 Å². The Kier molecular flexibility index (Phi) is 6.13. The van der Waals surface area contributed by atoms with Crippen molar-refractivity contribution in [2.75, 3.05) is 57.2 Å². The van der Waals surface area contributed by atoms with Gasteiger partial charge in [0.2, 0.25) is 5.91 Å². The van der Waals surface area contributed by atoms with E-state index in [1.165, 1.54) is 0 Å². The molecular weight excluding hydrogens is 354 g/mol. The van der Waals surface area contributed by atoms with Gasteiger partial charge < -0.3 is 19.4 Å². The lowest BCUT2D eigenvalue weighted by Gasteiger charge is -2.35. The van der Waals surface area contributed by atoms with Gasteiger partial charge in [-0.2, -0.15) is 0 Å². The molecule has 7 heteroatoms. The van der Waals surface area contributed by atoms with Crippen molar-refractivity contribution in [1.29, 1.82) is 0 Å². The molecule has 1 amide bonds. The fourth-order valence-electron chi connectivity index (χ4n) is 3.07. The predicted molar refractivity (Wildman–Crippen MR) is 112 cm³/mol. The largest absolute Gasteiger partial charge is 0.497 e. The minimum absolute atomic E-state index is 0.0308. The molecule has 0 N–H and O–H groups in total. The van der Waals surface area contributed by atoms with E-state index in [4.69, 9.17) is 4.74 Å². The number of methoxy groups -OCH3 is 1. The smallest absolute Gasteiger partial charge is 0.246 e. The van der Waals surface area contributed by atoms with Crippen LogP contribution in [-0.2, 0) is 4.79 Å². The van der Waals surface area contributed by atoms with E-state index in [2.05, 4.69) is 14.9 Å². The Hall–Kier alpha value is -3.09. The highest BCUT2D eigenvalue weighted by molar-refractivity contribution is 5.92. The Morgan fingerprint density at radius 3 is 2.39 bits per heavy atom. The molecule has 3 rings (SSSR count). The Morgan fingerprint density at radius 2 is 1.79 bits per heavy atom. The van der Waals surface area contributed by atoms with Crippen molar-refractivity contribution >= 4 is 23.6 Å². The van der Waals surface area contributed by atoms with Crippen LogP contribution in [0.15, 0.2) is 36.4 Å². The molecule has 0 atom stereocenters. The number of nitrogens with zero attached hydrogens (tertiary/aromatic N) is 5. The molecule has 28 heavy (non-hydrogen) atoms. The standard InChI is InChI=1S/C21H27N5O2/c1-16-22-19(24(2)3)15-20(23-16)25-11-13-26(14-12-25)21(27)10-7-17-5-8-18(28-4)9-6-17/h5-10,15H,11-14H2,1-4H3/b10-7+. The minimum Gasteiger partial charge on any atom is -0.497 e. The molecule has 7 nitrogen and oxygen atoms in total. The average Bonchev–Trinajstić information content (AvgIpc) is 2.72. The number of aryl methyl sites for hydroxylation is 1. The van der Waals surface area contributed by atoms with Crippen LogP contribution in [-0.4, -0.2) is 68.2 Å². The molecule has 1 aromatic carbocycles. The summed E-state index contributed by atoms with van der Waals surface area (Å²) in [5.74, 6) is 3.39. The highest BCUT2D eigenvalue weighted by atomic mass is 16.5. The molecule has 0 spiro atoms. The first-order valence-corrected chi connectivity index (χ1v) is 9.35. The van der Waals surface area contributed by atoms with Gasteiger partial charge in [-0.25, -0.2) is 9.97 Å². The van der Waals surface area contributed by atoms with E-state index in [0.717, 1.165) is 41.9 Å². The first kappa shape index (κ1) is 19.7. The van der Waals surface area contributed by atoms with E-state index >= 15 is 0 Å². The number of ether oxygens (including phenoxy) is 1. The molecule has 0 radical (unpaired) electrons. The number of hydrogen-bond acceptors (Lipinski definition) is 6. The van der Waals surface area contributed by atoms with E-state index in [1.54, 1.807) is 13.2 Å². The van der Waals surface area contributed by atoms with E-state index in [-0.39, 0.29) is 5.91 Å². The number of carbonyl (C=O) groups is 1. The van der Waals surface area contributed by atoms with Crippen molar-refractivity contribution in [2.24, 2.45) is 0 Å². The fraction of sp³-hybridized carbons (Fsp3) is 0.381. The lowest BCUT2D eigenvalue weighted by Crippen LogP contribution is -2.48. The molecule has 1 saturated heterocycles. The van der Waals surface area contributed by atoms with Crippen LogP contribution in [0.4, 0.5) is 11.6 Å². The van der Waals surface area contributed by atoms with Gasteiger partial charge in [0.15, 0.2) is 0 Å². The number of carbonyl (C=O) groups excluding carboxylic acids is 1. The number of anilines is 2. The molecular formula is C21H27N5O2. The molecule has 2 aromatic rings. The second-order valence-electron chi connectivity index (χ2n) is 6.94. The van der Waals surface area contributed by atoms with Gasteiger partial charge in [-0.15, -0.1) is 0 Å². The molecule has 0 unspecified atom stereocenters. The summed E-state index contributed by atoms with van der Waals surface area (Å²) in [4.78, 5) is 27.6. The van der Waals surface area contributed by atoms with Crippen LogP contribution < -0.4 is 14.5 Å². The summed E-state index contributed by atoms with van der Waals surface area (Å²) in [6, 6.07) is 9.62. The maximum atomic E-state index is 12.5. The molecule has 148 valence electrons. The predicted octanol–water partition coefficient (Wildman–Crippen LogP) is 2.22. The highest BCUT2D eigenvalue weighted by Crippen LogP contribution is 2.19. The molecule has 1 aromatic heterocycles. The van der Waals surface area contributed by atoms with Gasteiger partial charge in [0, 0.05) is 52.4 Å². The van der Waals surface area contributed by atoms with Crippen molar-refractivity contribution in [1.82, 2.24) is 14.9 Å². The third-order valence-electron chi connectivity index (χ3n) is 4.72. The topological polar surface area (TPSA) is 61.8 Å². The van der Waals surface area contributed by atoms with Gasteiger partial charge in [-0.3, -0.25) is 4.79 Å². The van der Waals surface area contributed by atoms with Gasteiger partial charge in [0.05, 0.1) is 7.11 Å². The molecule has 1 aliphatic heterocycles. The summed E-state index contributed by atoms with van der Waals surface area (Å²) >= 11 is 0. The first-order valence-electron chi connectivity index (χ1n) is 9.35. The number of benzene rings is 1. The summed E-state index contributed by atoms with van der Waals surface area (Å²) in [7, 11) is 5.58. The maximum absolute atomic E-state index is 12.5. The summed E-state index contributed by atoms with van der Waals surface area (Å²) < 4.78 is 5.15. The average molecular weight is 381 g/mol. The Morgan fingerprint density at radius 1 is 1.11 bits per heavy atom. The van der Waals surface area contributed by atoms with E-state index in [1.807, 2.05) is 67.2 Å². The molecule has 0 saturated carbocycles. The third-order valence-corrected chi connectivity index (χ3v) is 4.72. The Bertz CT molecular complexity index is 840. The van der Waals surface area contributed by atoms with Gasteiger partial charge in [-0.05, 0) is 30.7 Å². The zero-order valence-corrected chi connectivity index (χ0v) is 16.9. The lowest BCUT2D eigenvalue weighted by atomic mass is 10.2. The quantitative estimate of drug-likeness (QED) is 0.740. The molecule has 1 fully saturated rings. The van der Waals surface area contributed by atoms with Crippen molar-refractivity contribution in [3.63, 3.8) is 0 Å². The van der Waals surface area contributed by atoms with Crippen molar-refractivity contribution in [3.05, 3.63) is 47.8 Å². The number of aromatic nitrogens is 2. The molecule has 2 heterocycles. The monoisotopic (exact) mass is 381 g/mol. The van der Waals surface area contributed by atoms with E-state index in [0.29, 0.717) is 13.1 Å². The zero-order valence-electron chi connectivity index (χ0n) is 16.9. The van der Waals surface area contributed by atoms with Crippen LogP contribution in [0.3, 0.4) is 0 Å². The minimum atomic E-state index is 0.0308. The van der Waals surface area contributed by atoms with Crippen LogP contribution in [0.1, 0.15) is 11.4 Å². The SMILES string of the molecule is COc1ccc(/C=C/C(=O)N2CCN(c3cc(N(C)C)nc(C)n3)CC2)cc1. The summed E-state index contributed by atoms with van der Waals surface area (Å²) in [6.07, 6.45) is 3.47. The molecule has 0 bridgehead atoms. The van der Waals surface area contributed by atoms with Crippen LogP contribution in [0.5, 0.6) is 5.75 Å². The zero-order chi connectivity index (χ0) is 20.1. The van der Waals surface area contributed by atoms with Crippen LogP contribution in [0, 0.1) is 6.92 Å². The van der Waals surface area contributed by atoms with Crippen molar-refractivity contribution in [2.45, 2.75) is 6.92 Å². The van der Waals surface area contributed by atoms with Crippen molar-refractivity contribution < 1.29 is 9.53 Å². The lowest BCUT2D eigenvalue weighted by molar-refractivity contribution is -0.126. The second-order valence-corrected chi connectivity index (χ2v) is 6.94. The fourth-order valence-corrected chi connectivity index (χ4v) is 3.07. The highest BCUT2D eigenvalue weighted by Gasteiger charge is 2.21. The van der Waals surface area contributed by atoms with Crippen LogP contribution in [0.25, 0.3) is 6.08 Å². The maximum Gasteiger partial charge on any atom is 0.246 e. The number of rotatable bonds is 5. The third kappa shape index (κ3) is 4.79. The summed E-state index contributed by atoms with van der Waals surface area (Å²) in [5, 5.41) is 0. The van der Waals surface area contributed by atoms with Crippen molar-refractivity contribution in [3.8, 4) is 5.75 Å². The Balaban J connectivity index is 1.58. The van der Waals surface area contributed by atoms with Gasteiger partial charge in [0.1, 0.15) is 23.2 Å². The molecule has 1 aliphatic rings. The first-order chi connectivity index (χ1) is 13.5. The van der Waals surface area contributed by atoms with E-state index < -0.39 is 0 Å². The van der Waals surface area contributed by atoms with E-state index in [9.17, 15) is 4.79 Å². The number of piperazine rings is 1. The van der Waals surface area contributed by atoms with Crippen LogP contribution in [0.2, 0.25) is 0 Å². The molecule has 0 aliphatic carbocycles. The second kappa shape index (κ2) is 8.73. The summed E-state index contributed by atoms with van der Waals surface area (Å²) in [6.45, 7) is 4.76. The van der Waals surface area contributed by atoms with Gasteiger partial charge in [0.25, 0.3) is 0 Å². The normalized spacial score (nSPS) is 14.4.